The number of rotatable bonds is 4. The van der Waals surface area contributed by atoms with Crippen molar-refractivity contribution in [1.29, 1.82) is 0 Å². The molecule has 0 aliphatic rings. The van der Waals surface area contributed by atoms with Crippen LogP contribution in [-0.4, -0.2) is 21.5 Å². The van der Waals surface area contributed by atoms with Crippen LogP contribution in [-0.2, 0) is 6.42 Å². The standard InChI is InChI=1S/C14H12Cl2N4/c15-12-7-13(16)20-14(19-12)17-6-5-9-8-18-11-4-2-1-3-10(9)11/h1-4,7-8,18H,5-6H2,(H,17,19,20). The van der Waals surface area contributed by atoms with Crippen LogP contribution in [0.3, 0.4) is 0 Å². The summed E-state index contributed by atoms with van der Waals surface area (Å²) in [7, 11) is 0. The molecule has 3 rings (SSSR count). The lowest BCUT2D eigenvalue weighted by Gasteiger charge is -2.05. The van der Waals surface area contributed by atoms with Crippen molar-refractivity contribution in [3.63, 3.8) is 0 Å². The molecule has 0 spiro atoms. The number of nitrogens with zero attached hydrogens (tertiary/aromatic N) is 2. The molecule has 20 heavy (non-hydrogen) atoms. The van der Waals surface area contributed by atoms with Crippen molar-refractivity contribution >= 4 is 40.1 Å². The van der Waals surface area contributed by atoms with Gasteiger partial charge in [-0.25, -0.2) is 9.97 Å². The summed E-state index contributed by atoms with van der Waals surface area (Å²) in [6.45, 7) is 0.707. The zero-order chi connectivity index (χ0) is 13.9. The van der Waals surface area contributed by atoms with Gasteiger partial charge in [-0.2, -0.15) is 0 Å². The first kappa shape index (κ1) is 13.2. The number of H-pyrrole nitrogens is 1. The summed E-state index contributed by atoms with van der Waals surface area (Å²) in [4.78, 5) is 11.4. The highest BCUT2D eigenvalue weighted by molar-refractivity contribution is 6.33. The normalized spacial score (nSPS) is 10.9. The third-order valence-electron chi connectivity index (χ3n) is 3.02. The minimum atomic E-state index is 0.333. The van der Waals surface area contributed by atoms with Gasteiger partial charge in [0.25, 0.3) is 0 Å². The number of anilines is 1. The molecule has 0 saturated carbocycles. The number of hydrogen-bond acceptors (Lipinski definition) is 3. The highest BCUT2D eigenvalue weighted by Crippen LogP contribution is 2.18. The molecule has 0 radical (unpaired) electrons. The predicted molar refractivity (Wildman–Crippen MR) is 82.5 cm³/mol. The number of hydrogen-bond donors (Lipinski definition) is 2. The Hall–Kier alpha value is -1.78. The highest BCUT2D eigenvalue weighted by Gasteiger charge is 2.04. The van der Waals surface area contributed by atoms with Crippen LogP contribution in [0.25, 0.3) is 10.9 Å². The van der Waals surface area contributed by atoms with E-state index in [2.05, 4.69) is 32.4 Å². The third kappa shape index (κ3) is 2.86. The fourth-order valence-corrected chi connectivity index (χ4v) is 2.54. The van der Waals surface area contributed by atoms with Crippen LogP contribution in [0.2, 0.25) is 10.3 Å². The Morgan fingerprint density at radius 1 is 1.10 bits per heavy atom. The van der Waals surface area contributed by atoms with Gasteiger partial charge < -0.3 is 10.3 Å². The van der Waals surface area contributed by atoms with Crippen molar-refractivity contribution in [2.45, 2.75) is 6.42 Å². The molecule has 6 heteroatoms. The fraction of sp³-hybridized carbons (Fsp3) is 0.143. The molecule has 0 fully saturated rings. The van der Waals surface area contributed by atoms with Gasteiger partial charge in [0.1, 0.15) is 10.3 Å². The third-order valence-corrected chi connectivity index (χ3v) is 3.40. The van der Waals surface area contributed by atoms with Crippen LogP contribution in [0, 0.1) is 0 Å². The van der Waals surface area contributed by atoms with Gasteiger partial charge >= 0.3 is 0 Å². The lowest BCUT2D eigenvalue weighted by molar-refractivity contribution is 0.990. The van der Waals surface area contributed by atoms with Gasteiger partial charge in [0.05, 0.1) is 0 Å². The van der Waals surface area contributed by atoms with Gasteiger partial charge in [-0.1, -0.05) is 41.4 Å². The Morgan fingerprint density at radius 2 is 1.85 bits per heavy atom. The Balaban J connectivity index is 1.68. The maximum absolute atomic E-state index is 5.83. The second-order valence-corrected chi connectivity index (χ2v) is 5.15. The predicted octanol–water partition coefficient (Wildman–Crippen LogP) is 3.92. The molecule has 2 heterocycles. The van der Waals surface area contributed by atoms with Crippen molar-refractivity contribution in [1.82, 2.24) is 15.0 Å². The number of fused-ring (bicyclic) bond motifs is 1. The Labute approximate surface area is 126 Å². The van der Waals surface area contributed by atoms with Crippen LogP contribution < -0.4 is 5.32 Å². The molecule has 1 aromatic carbocycles. The molecule has 0 unspecified atom stereocenters. The number of benzene rings is 1. The van der Waals surface area contributed by atoms with E-state index in [-0.39, 0.29) is 0 Å². The zero-order valence-corrected chi connectivity index (χ0v) is 12.0. The molecule has 102 valence electrons. The van der Waals surface area contributed by atoms with Crippen molar-refractivity contribution in [2.75, 3.05) is 11.9 Å². The fourth-order valence-electron chi connectivity index (χ4n) is 2.12. The lowest BCUT2D eigenvalue weighted by atomic mass is 10.1. The number of para-hydroxylation sites is 1. The molecule has 0 atom stereocenters. The van der Waals surface area contributed by atoms with Crippen LogP contribution in [0.1, 0.15) is 5.56 Å². The lowest BCUT2D eigenvalue weighted by Crippen LogP contribution is -2.07. The van der Waals surface area contributed by atoms with Crippen LogP contribution in [0.15, 0.2) is 36.5 Å². The Morgan fingerprint density at radius 3 is 2.65 bits per heavy atom. The number of nitrogens with one attached hydrogen (secondary N) is 2. The number of aromatic amines is 1. The molecule has 4 nitrogen and oxygen atoms in total. The smallest absolute Gasteiger partial charge is 0.225 e. The molecule has 0 saturated heterocycles. The van der Waals surface area contributed by atoms with E-state index in [0.717, 1.165) is 11.9 Å². The van der Waals surface area contributed by atoms with Crippen molar-refractivity contribution < 1.29 is 0 Å². The first-order chi connectivity index (χ1) is 9.72. The van der Waals surface area contributed by atoms with E-state index >= 15 is 0 Å². The molecule has 2 N–H and O–H groups in total. The maximum atomic E-state index is 5.83. The van der Waals surface area contributed by atoms with Gasteiger partial charge in [0, 0.05) is 29.7 Å². The van der Waals surface area contributed by atoms with Crippen molar-refractivity contribution in [2.24, 2.45) is 0 Å². The molecule has 2 aromatic heterocycles. The number of halogens is 2. The summed E-state index contributed by atoms with van der Waals surface area (Å²) in [6.07, 6.45) is 2.88. The van der Waals surface area contributed by atoms with Crippen LogP contribution >= 0.6 is 23.2 Å². The molecule has 0 amide bonds. The van der Waals surface area contributed by atoms with Crippen molar-refractivity contribution in [3.05, 3.63) is 52.4 Å². The zero-order valence-electron chi connectivity index (χ0n) is 10.5. The van der Waals surface area contributed by atoms with Gasteiger partial charge in [0.15, 0.2) is 0 Å². The maximum Gasteiger partial charge on any atom is 0.225 e. The summed E-state index contributed by atoms with van der Waals surface area (Å²) in [5, 5.41) is 5.03. The first-order valence-corrected chi connectivity index (χ1v) is 6.97. The molecule has 3 aromatic rings. The van der Waals surface area contributed by atoms with Gasteiger partial charge in [-0.3, -0.25) is 0 Å². The first-order valence-electron chi connectivity index (χ1n) is 6.21. The average Bonchev–Trinajstić information content (AvgIpc) is 2.81. The Bertz CT molecular complexity index is 719. The van der Waals surface area contributed by atoms with E-state index in [4.69, 9.17) is 23.2 Å². The minimum Gasteiger partial charge on any atom is -0.361 e. The molecular formula is C14H12Cl2N4. The molecule has 0 bridgehead atoms. The van der Waals surface area contributed by atoms with E-state index in [1.54, 1.807) is 0 Å². The van der Waals surface area contributed by atoms with E-state index < -0.39 is 0 Å². The second kappa shape index (κ2) is 5.69. The van der Waals surface area contributed by atoms with E-state index in [1.165, 1.54) is 17.0 Å². The van der Waals surface area contributed by atoms with E-state index in [9.17, 15) is 0 Å². The largest absolute Gasteiger partial charge is 0.361 e. The van der Waals surface area contributed by atoms with Gasteiger partial charge in [-0.05, 0) is 18.1 Å². The van der Waals surface area contributed by atoms with E-state index in [1.807, 2.05) is 18.3 Å². The summed E-state index contributed by atoms with van der Waals surface area (Å²) < 4.78 is 0. The van der Waals surface area contributed by atoms with Crippen LogP contribution in [0.5, 0.6) is 0 Å². The van der Waals surface area contributed by atoms with Crippen LogP contribution in [0.4, 0.5) is 5.95 Å². The Kier molecular flexibility index (Phi) is 3.76. The minimum absolute atomic E-state index is 0.333. The summed E-state index contributed by atoms with van der Waals surface area (Å²) in [5.41, 5.74) is 2.39. The quantitative estimate of drug-likeness (QED) is 0.718. The SMILES string of the molecule is Clc1cc(Cl)nc(NCCc2c[nH]c3ccccc23)n1. The average molecular weight is 307 g/mol. The molecule has 0 aliphatic carbocycles. The van der Waals surface area contributed by atoms with E-state index in [0.29, 0.717) is 22.8 Å². The topological polar surface area (TPSA) is 53.6 Å². The van der Waals surface area contributed by atoms with Gasteiger partial charge in [0.2, 0.25) is 5.95 Å². The molecule has 0 aliphatic heterocycles. The molecular weight excluding hydrogens is 295 g/mol. The monoisotopic (exact) mass is 306 g/mol. The summed E-state index contributed by atoms with van der Waals surface area (Å²) in [5.74, 6) is 0.447. The number of aromatic nitrogens is 3. The highest BCUT2D eigenvalue weighted by atomic mass is 35.5. The van der Waals surface area contributed by atoms with Gasteiger partial charge in [-0.15, -0.1) is 0 Å². The summed E-state index contributed by atoms with van der Waals surface area (Å²) in [6, 6.07) is 9.73. The summed E-state index contributed by atoms with van der Waals surface area (Å²) >= 11 is 11.7. The second-order valence-electron chi connectivity index (χ2n) is 4.37. The van der Waals surface area contributed by atoms with Crippen molar-refractivity contribution in [3.8, 4) is 0 Å².